The van der Waals surface area contributed by atoms with E-state index in [-0.39, 0.29) is 7.43 Å². The molecule has 1 N–H and O–H groups in total. The largest absolute Gasteiger partial charge is 0.516 e. The fourth-order valence-corrected chi connectivity index (χ4v) is 1.66. The van der Waals surface area contributed by atoms with Crippen molar-refractivity contribution in [3.63, 3.8) is 0 Å². The van der Waals surface area contributed by atoms with Crippen LogP contribution in [0.3, 0.4) is 0 Å². The first-order chi connectivity index (χ1) is 12.1. The Hall–Kier alpha value is -2.14. The number of carbonyl (C=O) groups excluding carboxylic acids is 1. The van der Waals surface area contributed by atoms with Crippen molar-refractivity contribution in [3.8, 4) is 0 Å². The molecule has 0 saturated carbocycles. The highest BCUT2D eigenvalue weighted by molar-refractivity contribution is 7.90. The zero-order valence-corrected chi connectivity index (χ0v) is 13.9. The fraction of sp³-hybridized carbons (Fsp3) is 0.636. The van der Waals surface area contributed by atoms with Gasteiger partial charge in [-0.05, 0) is 0 Å². The smallest absolute Gasteiger partial charge is 0.267 e. The highest BCUT2D eigenvalue weighted by Crippen LogP contribution is 2.36. The summed E-state index contributed by atoms with van der Waals surface area (Å²) >= 11 is 0. The molecule has 0 radical (unpaired) electrons. The molecule has 0 unspecified atom stereocenters. The van der Waals surface area contributed by atoms with Crippen molar-refractivity contribution in [2.24, 2.45) is 7.05 Å². The number of imidazole rings is 1. The van der Waals surface area contributed by atoms with Gasteiger partial charge in [-0.1, -0.05) is 7.43 Å². The first kappa shape index (κ1) is 29.1. The summed E-state index contributed by atoms with van der Waals surface area (Å²) in [4.78, 5) is 10.1. The summed E-state index contributed by atoms with van der Waals surface area (Å²) in [5.41, 5.74) is -6.19. The van der Waals surface area contributed by atoms with Gasteiger partial charge in [0, 0.05) is 0 Å². The van der Waals surface area contributed by atoms with Gasteiger partial charge in [-0.3, -0.25) is 4.79 Å². The van der Waals surface area contributed by atoms with Crippen LogP contribution in [0.2, 0.25) is 0 Å². The molecule has 1 aromatic heterocycles. The SMILES string of the molecule is C.C[n+]1ccn(CC(F)(F)F)c1.O=C(NS(=O)(=O)C(F)(F)F)C(F)(F)C(F)(F)F. The third-order valence-corrected chi connectivity index (χ3v) is 3.42. The fourth-order valence-electron chi connectivity index (χ4n) is 1.17. The standard InChI is InChI=1S/C6H8F3N2.C4HF8NO3S.CH4/c1-10-2-3-11(5-10)4-6(7,8)9;5-2(6,3(7,8)9)1(14)13-17(15,16)4(10,11)12;/h2-3,5H,4H2,1H3;(H,13,14);1H4/q+1;;. The Morgan fingerprint density at radius 1 is 1.00 bits per heavy atom. The molecule has 0 atom stereocenters. The second-order valence-corrected chi connectivity index (χ2v) is 6.49. The van der Waals surface area contributed by atoms with Gasteiger partial charge in [0.15, 0.2) is 6.54 Å². The Morgan fingerprint density at radius 2 is 1.45 bits per heavy atom. The molecule has 0 aromatic carbocycles. The van der Waals surface area contributed by atoms with Gasteiger partial charge in [0.25, 0.3) is 0 Å². The average molecular weight is 476 g/mol. The Morgan fingerprint density at radius 3 is 1.72 bits per heavy atom. The molecular formula is C11H13F11N3O3S+. The molecule has 18 heteroatoms. The summed E-state index contributed by atoms with van der Waals surface area (Å²) in [6, 6.07) is 0. The maximum absolute atomic E-state index is 12.1. The normalized spacial score (nSPS) is 13.1. The van der Waals surface area contributed by atoms with Crippen LogP contribution in [0.25, 0.3) is 0 Å². The third-order valence-electron chi connectivity index (χ3n) is 2.36. The number of halogens is 11. The van der Waals surface area contributed by atoms with Crippen molar-refractivity contribution in [1.29, 1.82) is 0 Å². The number of sulfonamides is 1. The maximum Gasteiger partial charge on any atom is 0.516 e. The molecule has 1 amide bonds. The minimum Gasteiger partial charge on any atom is -0.267 e. The van der Waals surface area contributed by atoms with E-state index >= 15 is 0 Å². The summed E-state index contributed by atoms with van der Waals surface area (Å²) in [5.74, 6) is -9.90. The van der Waals surface area contributed by atoms with E-state index in [2.05, 4.69) is 0 Å². The highest BCUT2D eigenvalue weighted by Gasteiger charge is 2.65. The van der Waals surface area contributed by atoms with Crippen LogP contribution in [0.1, 0.15) is 7.43 Å². The summed E-state index contributed by atoms with van der Waals surface area (Å²) in [6.45, 7) is -0.923. The van der Waals surface area contributed by atoms with E-state index in [0.29, 0.717) is 0 Å². The van der Waals surface area contributed by atoms with Crippen LogP contribution in [-0.2, 0) is 28.4 Å². The summed E-state index contributed by atoms with van der Waals surface area (Å²) in [5, 5.41) is 0. The van der Waals surface area contributed by atoms with Crippen molar-refractivity contribution in [1.82, 2.24) is 9.29 Å². The molecule has 1 heterocycles. The van der Waals surface area contributed by atoms with Gasteiger partial charge in [0.2, 0.25) is 6.33 Å². The zero-order valence-electron chi connectivity index (χ0n) is 13.1. The number of amides is 1. The summed E-state index contributed by atoms with van der Waals surface area (Å²) in [7, 11) is -4.95. The molecule has 0 aliphatic carbocycles. The number of hydrogen-bond acceptors (Lipinski definition) is 3. The van der Waals surface area contributed by atoms with E-state index in [0.717, 1.165) is 4.57 Å². The number of nitrogens with one attached hydrogen (secondary N) is 1. The van der Waals surface area contributed by atoms with E-state index in [1.807, 2.05) is 0 Å². The Labute approximate surface area is 156 Å². The Bertz CT molecular complexity index is 778. The minimum atomic E-state index is -6.62. The number of carbonyl (C=O) groups is 1. The molecule has 1 rings (SSSR count). The lowest BCUT2D eigenvalue weighted by atomic mass is 10.3. The van der Waals surface area contributed by atoms with E-state index in [4.69, 9.17) is 0 Å². The van der Waals surface area contributed by atoms with Gasteiger partial charge in [-0.2, -0.15) is 56.7 Å². The second-order valence-electron chi connectivity index (χ2n) is 4.82. The molecule has 0 saturated heterocycles. The van der Waals surface area contributed by atoms with Gasteiger partial charge < -0.3 is 0 Å². The lowest BCUT2D eigenvalue weighted by Crippen LogP contribution is -2.54. The van der Waals surface area contributed by atoms with E-state index in [1.165, 1.54) is 12.5 Å². The molecule has 172 valence electrons. The van der Waals surface area contributed by atoms with Gasteiger partial charge in [-0.25, -0.2) is 13.9 Å². The number of aromatic nitrogens is 2. The molecule has 0 aliphatic rings. The number of alkyl halides is 11. The predicted molar refractivity (Wildman–Crippen MR) is 72.5 cm³/mol. The molecule has 1 aromatic rings. The molecular weight excluding hydrogens is 463 g/mol. The number of rotatable bonds is 3. The quantitative estimate of drug-likeness (QED) is 0.539. The molecule has 0 spiro atoms. The van der Waals surface area contributed by atoms with Crippen LogP contribution < -0.4 is 9.29 Å². The lowest BCUT2D eigenvalue weighted by molar-refractivity contribution is -0.671. The van der Waals surface area contributed by atoms with Gasteiger partial charge >= 0.3 is 39.7 Å². The summed E-state index contributed by atoms with van der Waals surface area (Å²) < 4.78 is 151. The first-order valence-corrected chi connectivity index (χ1v) is 7.74. The molecule has 0 fully saturated rings. The van der Waals surface area contributed by atoms with Crippen LogP contribution in [0.15, 0.2) is 18.7 Å². The van der Waals surface area contributed by atoms with E-state index < -0.39 is 51.0 Å². The average Bonchev–Trinajstić information content (AvgIpc) is 2.79. The van der Waals surface area contributed by atoms with E-state index in [1.54, 1.807) is 17.8 Å². The molecule has 6 nitrogen and oxygen atoms in total. The minimum absolute atomic E-state index is 0. The van der Waals surface area contributed by atoms with Crippen molar-refractivity contribution in [2.45, 2.75) is 37.8 Å². The van der Waals surface area contributed by atoms with Crippen molar-refractivity contribution < 1.29 is 66.1 Å². The maximum atomic E-state index is 12.1. The highest BCUT2D eigenvalue weighted by atomic mass is 32.2. The first-order valence-electron chi connectivity index (χ1n) is 6.26. The zero-order chi connectivity index (χ0) is 22.8. The third kappa shape index (κ3) is 8.82. The van der Waals surface area contributed by atoms with Crippen LogP contribution in [-0.4, -0.2) is 42.7 Å². The van der Waals surface area contributed by atoms with Crippen molar-refractivity contribution >= 4 is 15.9 Å². The van der Waals surface area contributed by atoms with Crippen LogP contribution >= 0.6 is 0 Å². The predicted octanol–water partition coefficient (Wildman–Crippen LogP) is 2.66. The van der Waals surface area contributed by atoms with Crippen LogP contribution in [0.4, 0.5) is 48.3 Å². The van der Waals surface area contributed by atoms with Gasteiger partial charge in [0.1, 0.15) is 12.4 Å². The number of nitrogens with zero attached hydrogens (tertiary/aromatic N) is 2. The van der Waals surface area contributed by atoms with Gasteiger partial charge in [0.05, 0.1) is 7.05 Å². The topological polar surface area (TPSA) is 72.0 Å². The molecule has 0 aliphatic heterocycles. The monoisotopic (exact) mass is 476 g/mol. The second kappa shape index (κ2) is 9.12. The summed E-state index contributed by atoms with van der Waals surface area (Å²) in [6.07, 6.45) is -6.32. The van der Waals surface area contributed by atoms with Gasteiger partial charge in [-0.15, -0.1) is 0 Å². The molecule has 29 heavy (non-hydrogen) atoms. The van der Waals surface area contributed by atoms with Crippen LogP contribution in [0, 0.1) is 0 Å². The number of aryl methyl sites for hydroxylation is 1. The van der Waals surface area contributed by atoms with Crippen LogP contribution in [0.5, 0.6) is 0 Å². The Balaban J connectivity index is 0. The molecule has 0 bridgehead atoms. The Kier molecular flexibility index (Phi) is 9.14. The lowest BCUT2D eigenvalue weighted by Gasteiger charge is -2.18. The number of hydrogen-bond donors (Lipinski definition) is 1. The van der Waals surface area contributed by atoms with Crippen molar-refractivity contribution in [3.05, 3.63) is 18.7 Å². The van der Waals surface area contributed by atoms with Crippen molar-refractivity contribution in [2.75, 3.05) is 0 Å². The van der Waals surface area contributed by atoms with E-state index in [9.17, 15) is 61.5 Å².